The molecule has 2 rings (SSSR count). The number of nitrogens with one attached hydrogen (secondary N) is 1. The molecular formula is C17H27N. The van der Waals surface area contributed by atoms with Gasteiger partial charge in [-0.2, -0.15) is 0 Å². The molecule has 1 aliphatic rings. The van der Waals surface area contributed by atoms with Crippen molar-refractivity contribution < 1.29 is 0 Å². The molecule has 0 amide bonds. The summed E-state index contributed by atoms with van der Waals surface area (Å²) >= 11 is 0. The third-order valence-electron chi connectivity index (χ3n) is 4.22. The van der Waals surface area contributed by atoms with Gasteiger partial charge in [-0.1, -0.05) is 45.2 Å². The van der Waals surface area contributed by atoms with Gasteiger partial charge in [0.2, 0.25) is 0 Å². The molecule has 1 N–H and O–H groups in total. The number of anilines is 1. The van der Waals surface area contributed by atoms with Crippen molar-refractivity contribution in [2.75, 3.05) is 11.9 Å². The van der Waals surface area contributed by atoms with Gasteiger partial charge in [0.05, 0.1) is 0 Å². The van der Waals surface area contributed by atoms with Crippen LogP contribution in [0.5, 0.6) is 0 Å². The van der Waals surface area contributed by atoms with Crippen molar-refractivity contribution in [2.45, 2.75) is 52.4 Å². The van der Waals surface area contributed by atoms with Gasteiger partial charge in [0.1, 0.15) is 0 Å². The molecule has 1 aliphatic carbocycles. The zero-order valence-corrected chi connectivity index (χ0v) is 11.9. The Balaban J connectivity index is 1.76. The predicted octanol–water partition coefficient (Wildman–Crippen LogP) is 4.88. The van der Waals surface area contributed by atoms with Crippen LogP contribution in [0, 0.1) is 11.8 Å². The number of benzene rings is 1. The maximum Gasteiger partial charge on any atom is 0.0340 e. The van der Waals surface area contributed by atoms with Gasteiger partial charge >= 0.3 is 0 Å². The van der Waals surface area contributed by atoms with Crippen LogP contribution in [0.2, 0.25) is 0 Å². The quantitative estimate of drug-likeness (QED) is 0.779. The summed E-state index contributed by atoms with van der Waals surface area (Å²) in [7, 11) is 0. The Labute approximate surface area is 112 Å². The summed E-state index contributed by atoms with van der Waals surface area (Å²) in [6, 6.07) is 8.98. The van der Waals surface area contributed by atoms with Gasteiger partial charge in [-0.3, -0.25) is 0 Å². The third-order valence-corrected chi connectivity index (χ3v) is 4.22. The highest BCUT2D eigenvalue weighted by molar-refractivity contribution is 5.44. The molecule has 0 heterocycles. The van der Waals surface area contributed by atoms with E-state index in [9.17, 15) is 0 Å². The SMILES string of the molecule is CCCc1ccc(NCC2CCC(C)CC2)cc1. The Morgan fingerprint density at radius 1 is 1.06 bits per heavy atom. The van der Waals surface area contributed by atoms with E-state index in [4.69, 9.17) is 0 Å². The lowest BCUT2D eigenvalue weighted by atomic mass is 9.83. The van der Waals surface area contributed by atoms with Gasteiger partial charge < -0.3 is 5.32 Å². The molecule has 0 saturated heterocycles. The predicted molar refractivity (Wildman–Crippen MR) is 80.0 cm³/mol. The number of hydrogen-bond acceptors (Lipinski definition) is 1. The molecule has 0 spiro atoms. The average Bonchev–Trinajstić information content (AvgIpc) is 2.40. The molecule has 0 aliphatic heterocycles. The second-order valence-electron chi connectivity index (χ2n) is 5.95. The first kappa shape index (κ1) is 13.5. The molecule has 100 valence electrons. The highest BCUT2D eigenvalue weighted by Crippen LogP contribution is 2.28. The first-order valence-corrected chi connectivity index (χ1v) is 7.60. The van der Waals surface area contributed by atoms with Crippen LogP contribution in [0.4, 0.5) is 5.69 Å². The average molecular weight is 245 g/mol. The summed E-state index contributed by atoms with van der Waals surface area (Å²) in [5, 5.41) is 3.60. The Morgan fingerprint density at radius 3 is 2.33 bits per heavy atom. The van der Waals surface area contributed by atoms with E-state index in [1.165, 1.54) is 49.8 Å². The summed E-state index contributed by atoms with van der Waals surface area (Å²) < 4.78 is 0. The molecular weight excluding hydrogens is 218 g/mol. The highest BCUT2D eigenvalue weighted by Gasteiger charge is 2.17. The van der Waals surface area contributed by atoms with Crippen molar-refractivity contribution in [1.29, 1.82) is 0 Å². The molecule has 0 aromatic heterocycles. The molecule has 18 heavy (non-hydrogen) atoms. The van der Waals surface area contributed by atoms with E-state index in [0.29, 0.717) is 0 Å². The van der Waals surface area contributed by atoms with E-state index >= 15 is 0 Å². The summed E-state index contributed by atoms with van der Waals surface area (Å²) in [6.45, 7) is 5.77. The van der Waals surface area contributed by atoms with Crippen molar-refractivity contribution in [3.8, 4) is 0 Å². The Bertz CT molecular complexity index is 333. The van der Waals surface area contributed by atoms with Gasteiger partial charge in [0, 0.05) is 12.2 Å². The van der Waals surface area contributed by atoms with E-state index < -0.39 is 0 Å². The highest BCUT2D eigenvalue weighted by atomic mass is 14.9. The number of rotatable bonds is 5. The molecule has 0 radical (unpaired) electrons. The molecule has 1 saturated carbocycles. The first-order chi connectivity index (χ1) is 8.78. The standard InChI is InChI=1S/C17H27N/c1-3-4-15-9-11-17(12-10-15)18-13-16-7-5-14(2)6-8-16/h9-12,14,16,18H,3-8,13H2,1-2H3. The lowest BCUT2D eigenvalue weighted by molar-refractivity contribution is 0.300. The molecule has 1 fully saturated rings. The van der Waals surface area contributed by atoms with Crippen LogP contribution in [0.3, 0.4) is 0 Å². The second kappa shape index (κ2) is 6.82. The van der Waals surface area contributed by atoms with Gasteiger partial charge in [-0.15, -0.1) is 0 Å². The fourth-order valence-electron chi connectivity index (χ4n) is 2.87. The lowest BCUT2D eigenvalue weighted by Gasteiger charge is -2.26. The molecule has 1 nitrogen and oxygen atoms in total. The van der Waals surface area contributed by atoms with Crippen LogP contribution in [0.25, 0.3) is 0 Å². The van der Waals surface area contributed by atoms with E-state index in [0.717, 1.165) is 18.4 Å². The fourth-order valence-corrected chi connectivity index (χ4v) is 2.87. The molecule has 1 heteroatoms. The molecule has 0 atom stereocenters. The first-order valence-electron chi connectivity index (χ1n) is 7.60. The zero-order chi connectivity index (χ0) is 12.8. The Kier molecular flexibility index (Phi) is 5.10. The molecule has 0 bridgehead atoms. The maximum absolute atomic E-state index is 3.60. The largest absolute Gasteiger partial charge is 0.385 e. The topological polar surface area (TPSA) is 12.0 Å². The van der Waals surface area contributed by atoms with Crippen molar-refractivity contribution in [3.05, 3.63) is 29.8 Å². The van der Waals surface area contributed by atoms with Crippen molar-refractivity contribution in [1.82, 2.24) is 0 Å². The Hall–Kier alpha value is -0.980. The van der Waals surface area contributed by atoms with Crippen LogP contribution in [0.15, 0.2) is 24.3 Å². The summed E-state index contributed by atoms with van der Waals surface area (Å²) in [5.41, 5.74) is 2.74. The van der Waals surface area contributed by atoms with Crippen molar-refractivity contribution >= 4 is 5.69 Å². The van der Waals surface area contributed by atoms with Crippen molar-refractivity contribution in [3.63, 3.8) is 0 Å². The van der Waals surface area contributed by atoms with E-state index in [1.54, 1.807) is 0 Å². The fraction of sp³-hybridized carbons (Fsp3) is 0.647. The normalized spacial score (nSPS) is 23.9. The molecule has 0 unspecified atom stereocenters. The van der Waals surface area contributed by atoms with E-state index in [-0.39, 0.29) is 0 Å². The lowest BCUT2D eigenvalue weighted by Crippen LogP contribution is -2.20. The molecule has 1 aromatic rings. The van der Waals surface area contributed by atoms with Crippen LogP contribution >= 0.6 is 0 Å². The summed E-state index contributed by atoms with van der Waals surface area (Å²) in [4.78, 5) is 0. The minimum Gasteiger partial charge on any atom is -0.385 e. The smallest absolute Gasteiger partial charge is 0.0340 e. The minimum absolute atomic E-state index is 0.886. The van der Waals surface area contributed by atoms with Crippen LogP contribution < -0.4 is 5.32 Å². The maximum atomic E-state index is 3.60. The second-order valence-corrected chi connectivity index (χ2v) is 5.95. The van der Waals surface area contributed by atoms with E-state index in [2.05, 4.69) is 43.4 Å². The van der Waals surface area contributed by atoms with Gasteiger partial charge in [-0.25, -0.2) is 0 Å². The van der Waals surface area contributed by atoms with Crippen molar-refractivity contribution in [2.24, 2.45) is 11.8 Å². The minimum atomic E-state index is 0.886. The van der Waals surface area contributed by atoms with Crippen LogP contribution in [-0.4, -0.2) is 6.54 Å². The van der Waals surface area contributed by atoms with Crippen LogP contribution in [0.1, 0.15) is 51.5 Å². The van der Waals surface area contributed by atoms with Gasteiger partial charge in [0.15, 0.2) is 0 Å². The summed E-state index contributed by atoms with van der Waals surface area (Å²) in [6.07, 6.45) is 8.07. The van der Waals surface area contributed by atoms with E-state index in [1.807, 2.05) is 0 Å². The van der Waals surface area contributed by atoms with Crippen LogP contribution in [-0.2, 0) is 6.42 Å². The zero-order valence-electron chi connectivity index (χ0n) is 11.9. The number of aryl methyl sites for hydroxylation is 1. The monoisotopic (exact) mass is 245 g/mol. The van der Waals surface area contributed by atoms with Gasteiger partial charge in [0.25, 0.3) is 0 Å². The third kappa shape index (κ3) is 4.04. The van der Waals surface area contributed by atoms with Gasteiger partial charge in [-0.05, 0) is 48.8 Å². The summed E-state index contributed by atoms with van der Waals surface area (Å²) in [5.74, 6) is 1.84. The molecule has 1 aromatic carbocycles. The number of hydrogen-bond donors (Lipinski definition) is 1. The Morgan fingerprint density at radius 2 is 1.72 bits per heavy atom.